The second-order valence-corrected chi connectivity index (χ2v) is 9.98. The average Bonchev–Trinajstić information content (AvgIpc) is 2.79. The molecular weight excluding hydrogens is 428 g/mol. The number of anilines is 1. The third-order valence-electron chi connectivity index (χ3n) is 5.96. The number of rotatable bonds is 8. The van der Waals surface area contributed by atoms with Crippen LogP contribution in [0.2, 0.25) is 0 Å². The molecule has 0 radical (unpaired) electrons. The predicted molar refractivity (Wildman–Crippen MR) is 126 cm³/mol. The fraction of sp³-hybridized carbons (Fsp3) is 0.458. The average molecular weight is 461 g/mol. The van der Waals surface area contributed by atoms with E-state index in [1.807, 2.05) is 23.1 Å². The summed E-state index contributed by atoms with van der Waals surface area (Å²) in [4.78, 5) is 15.3. The molecule has 1 aliphatic rings. The van der Waals surface area contributed by atoms with E-state index in [1.54, 1.807) is 19.1 Å². The number of carbonyl (C=O) groups excluding carboxylic acids is 1. The molecule has 1 aliphatic heterocycles. The van der Waals surface area contributed by atoms with Gasteiger partial charge in [0.05, 0.1) is 31.7 Å². The molecule has 2 aromatic rings. The summed E-state index contributed by atoms with van der Waals surface area (Å²) >= 11 is 0. The van der Waals surface area contributed by atoms with Gasteiger partial charge in [-0.2, -0.15) is 0 Å². The number of carbonyl (C=O) groups is 1. The molecule has 1 fully saturated rings. The van der Waals surface area contributed by atoms with Gasteiger partial charge in [-0.05, 0) is 43.7 Å². The summed E-state index contributed by atoms with van der Waals surface area (Å²) in [6.45, 7) is 3.21. The van der Waals surface area contributed by atoms with Crippen LogP contribution < -0.4 is 13.8 Å². The van der Waals surface area contributed by atoms with Gasteiger partial charge in [0.15, 0.2) is 11.5 Å². The lowest BCUT2D eigenvalue weighted by Crippen LogP contribution is -2.40. The van der Waals surface area contributed by atoms with E-state index in [1.165, 1.54) is 24.1 Å². The first-order valence-electron chi connectivity index (χ1n) is 10.8. The molecule has 0 N–H and O–H groups in total. The van der Waals surface area contributed by atoms with Crippen molar-refractivity contribution in [2.45, 2.75) is 26.2 Å². The Labute approximate surface area is 191 Å². The molecule has 174 valence electrons. The Balaban J connectivity index is 1.85. The normalized spacial score (nSPS) is 14.8. The summed E-state index contributed by atoms with van der Waals surface area (Å²) < 4.78 is 36.8. The Morgan fingerprint density at radius 1 is 1.06 bits per heavy atom. The lowest BCUT2D eigenvalue weighted by Gasteiger charge is -2.33. The molecule has 0 unspecified atom stereocenters. The van der Waals surface area contributed by atoms with Gasteiger partial charge in [-0.15, -0.1) is 0 Å². The van der Waals surface area contributed by atoms with E-state index in [-0.39, 0.29) is 12.5 Å². The zero-order valence-corrected chi connectivity index (χ0v) is 20.0. The molecular formula is C24H32N2O5S. The number of piperidine rings is 1. The summed E-state index contributed by atoms with van der Waals surface area (Å²) in [6.07, 6.45) is 3.96. The van der Waals surface area contributed by atoms with Crippen molar-refractivity contribution in [3.63, 3.8) is 0 Å². The largest absolute Gasteiger partial charge is 0.493 e. The number of hydrogen-bond donors (Lipinski definition) is 0. The summed E-state index contributed by atoms with van der Waals surface area (Å²) in [6, 6.07) is 13.5. The van der Waals surface area contributed by atoms with Crippen molar-refractivity contribution in [1.82, 2.24) is 4.90 Å². The highest BCUT2D eigenvalue weighted by Crippen LogP contribution is 2.37. The predicted octanol–water partition coefficient (Wildman–Crippen LogP) is 3.58. The van der Waals surface area contributed by atoms with Crippen LogP contribution in [0.4, 0.5) is 5.69 Å². The zero-order chi connectivity index (χ0) is 23.3. The minimum atomic E-state index is -3.58. The summed E-state index contributed by atoms with van der Waals surface area (Å²) in [5.74, 6) is 1.10. The number of ether oxygens (including phenoxy) is 2. The van der Waals surface area contributed by atoms with Crippen LogP contribution in [-0.2, 0) is 16.4 Å². The minimum Gasteiger partial charge on any atom is -0.493 e. The van der Waals surface area contributed by atoms with Crippen LogP contribution >= 0.6 is 0 Å². The number of benzene rings is 2. The fourth-order valence-corrected chi connectivity index (χ4v) is 5.26. The topological polar surface area (TPSA) is 76.2 Å². The second kappa shape index (κ2) is 10.3. The number of hydrogen-bond acceptors (Lipinski definition) is 5. The highest BCUT2D eigenvalue weighted by atomic mass is 32.2. The maximum Gasteiger partial charge on any atom is 0.256 e. The van der Waals surface area contributed by atoms with E-state index in [2.05, 4.69) is 12.1 Å². The van der Waals surface area contributed by atoms with Gasteiger partial charge in [0.2, 0.25) is 10.0 Å². The van der Waals surface area contributed by atoms with E-state index in [4.69, 9.17) is 9.47 Å². The monoisotopic (exact) mass is 460 g/mol. The van der Waals surface area contributed by atoms with Gasteiger partial charge in [0.1, 0.15) is 0 Å². The van der Waals surface area contributed by atoms with Crippen LogP contribution in [0.1, 0.15) is 35.7 Å². The van der Waals surface area contributed by atoms with Crippen LogP contribution in [0.15, 0.2) is 42.5 Å². The number of sulfonamides is 1. The highest BCUT2D eigenvalue weighted by Gasteiger charge is 2.30. The molecule has 0 spiro atoms. The van der Waals surface area contributed by atoms with Crippen molar-refractivity contribution in [2.75, 3.05) is 44.4 Å². The lowest BCUT2D eigenvalue weighted by atomic mass is 9.90. The fourth-order valence-electron chi connectivity index (χ4n) is 4.29. The standard InChI is InChI=1S/C24H32N2O5S/c1-5-26(32(4,28)29)21-17-23(31-3)22(30-2)16-20(21)24(27)25-13-11-19(12-14-25)15-18-9-7-6-8-10-18/h6-10,16-17,19H,5,11-15H2,1-4H3. The Morgan fingerprint density at radius 3 is 2.19 bits per heavy atom. The number of methoxy groups -OCH3 is 2. The van der Waals surface area contributed by atoms with Gasteiger partial charge in [-0.1, -0.05) is 30.3 Å². The number of nitrogens with zero attached hydrogens (tertiary/aromatic N) is 2. The molecule has 3 rings (SSSR count). The minimum absolute atomic E-state index is 0.193. The third-order valence-corrected chi connectivity index (χ3v) is 7.21. The Bertz CT molecular complexity index is 1030. The summed E-state index contributed by atoms with van der Waals surface area (Å²) in [5, 5.41) is 0. The van der Waals surface area contributed by atoms with Crippen LogP contribution in [0.3, 0.4) is 0 Å². The van der Waals surface area contributed by atoms with E-state index in [9.17, 15) is 13.2 Å². The molecule has 0 aliphatic carbocycles. The Hall–Kier alpha value is -2.74. The zero-order valence-electron chi connectivity index (χ0n) is 19.2. The van der Waals surface area contributed by atoms with Gasteiger partial charge >= 0.3 is 0 Å². The second-order valence-electron chi connectivity index (χ2n) is 8.08. The van der Waals surface area contributed by atoms with Crippen molar-refractivity contribution in [1.29, 1.82) is 0 Å². The van der Waals surface area contributed by atoms with E-state index in [0.29, 0.717) is 41.8 Å². The summed E-state index contributed by atoms with van der Waals surface area (Å²) in [7, 11) is -0.598. The van der Waals surface area contributed by atoms with Crippen molar-refractivity contribution in [2.24, 2.45) is 5.92 Å². The SMILES string of the molecule is CCN(c1cc(OC)c(OC)cc1C(=O)N1CCC(Cc2ccccc2)CC1)S(C)(=O)=O. The molecule has 0 bridgehead atoms. The maximum atomic E-state index is 13.5. The van der Waals surface area contributed by atoms with Gasteiger partial charge < -0.3 is 14.4 Å². The molecule has 7 nitrogen and oxygen atoms in total. The lowest BCUT2D eigenvalue weighted by molar-refractivity contribution is 0.0691. The first-order valence-corrected chi connectivity index (χ1v) is 12.7. The van der Waals surface area contributed by atoms with Gasteiger partial charge in [-0.3, -0.25) is 9.10 Å². The van der Waals surface area contributed by atoms with E-state index < -0.39 is 10.0 Å². The molecule has 0 aromatic heterocycles. The first kappa shape index (κ1) is 23.9. The summed E-state index contributed by atoms with van der Waals surface area (Å²) in [5.41, 5.74) is 1.92. The van der Waals surface area contributed by atoms with Gasteiger partial charge in [-0.25, -0.2) is 8.42 Å². The molecule has 0 atom stereocenters. The first-order chi connectivity index (χ1) is 15.3. The van der Waals surface area contributed by atoms with Crippen LogP contribution in [0.5, 0.6) is 11.5 Å². The molecule has 1 heterocycles. The molecule has 8 heteroatoms. The van der Waals surface area contributed by atoms with E-state index in [0.717, 1.165) is 25.5 Å². The third kappa shape index (κ3) is 5.35. The van der Waals surface area contributed by atoms with Crippen LogP contribution in [-0.4, -0.2) is 59.3 Å². The highest BCUT2D eigenvalue weighted by molar-refractivity contribution is 7.92. The van der Waals surface area contributed by atoms with Crippen molar-refractivity contribution in [3.05, 3.63) is 53.6 Å². The molecule has 0 saturated carbocycles. The molecule has 1 amide bonds. The molecule has 1 saturated heterocycles. The number of amides is 1. The van der Waals surface area contributed by atoms with Crippen molar-refractivity contribution in [3.8, 4) is 11.5 Å². The Morgan fingerprint density at radius 2 is 1.66 bits per heavy atom. The maximum absolute atomic E-state index is 13.5. The van der Waals surface area contributed by atoms with Crippen molar-refractivity contribution < 1.29 is 22.7 Å². The molecule has 2 aromatic carbocycles. The number of likely N-dealkylation sites (tertiary alicyclic amines) is 1. The van der Waals surface area contributed by atoms with Crippen molar-refractivity contribution >= 4 is 21.6 Å². The van der Waals surface area contributed by atoms with Crippen LogP contribution in [0, 0.1) is 5.92 Å². The van der Waals surface area contributed by atoms with E-state index >= 15 is 0 Å². The van der Waals surface area contributed by atoms with Gasteiger partial charge in [0.25, 0.3) is 5.91 Å². The van der Waals surface area contributed by atoms with Crippen LogP contribution in [0.25, 0.3) is 0 Å². The smallest absolute Gasteiger partial charge is 0.256 e. The quantitative estimate of drug-likeness (QED) is 0.602. The van der Waals surface area contributed by atoms with Gasteiger partial charge in [0, 0.05) is 25.7 Å². The Kier molecular flexibility index (Phi) is 7.66. The molecule has 32 heavy (non-hydrogen) atoms.